The van der Waals surface area contributed by atoms with Crippen molar-refractivity contribution in [1.29, 1.82) is 0 Å². The largest absolute Gasteiger partial charge is 0.492 e. The molecule has 2 N–H and O–H groups in total. The van der Waals surface area contributed by atoms with Crippen LogP contribution >= 0.6 is 0 Å². The molecule has 20 heavy (non-hydrogen) atoms. The molecular formula is C16H24N2O2. The minimum atomic E-state index is 0.247. The highest BCUT2D eigenvalue weighted by atomic mass is 16.5. The molecule has 1 aliphatic rings. The second-order valence-corrected chi connectivity index (χ2v) is 6.21. The molecule has 0 aliphatic carbocycles. The lowest BCUT2D eigenvalue weighted by molar-refractivity contribution is -0.131. The maximum Gasteiger partial charge on any atom is 0.222 e. The fourth-order valence-corrected chi connectivity index (χ4v) is 2.37. The molecule has 2 rings (SSSR count). The third-order valence-electron chi connectivity index (χ3n) is 3.94. The fraction of sp³-hybridized carbons (Fsp3) is 0.562. The van der Waals surface area contributed by atoms with Gasteiger partial charge in [0.25, 0.3) is 0 Å². The van der Waals surface area contributed by atoms with Crippen LogP contribution in [-0.2, 0) is 4.79 Å². The highest BCUT2D eigenvalue weighted by Crippen LogP contribution is 2.30. The van der Waals surface area contributed by atoms with Gasteiger partial charge in [-0.1, -0.05) is 13.8 Å². The number of benzene rings is 1. The highest BCUT2D eigenvalue weighted by Gasteiger charge is 2.27. The van der Waals surface area contributed by atoms with E-state index in [1.54, 1.807) is 0 Å². The van der Waals surface area contributed by atoms with Gasteiger partial charge in [-0.3, -0.25) is 4.79 Å². The smallest absolute Gasteiger partial charge is 0.222 e. The first kappa shape index (κ1) is 14.7. The molecule has 1 aromatic rings. The predicted octanol–water partition coefficient (Wildman–Crippen LogP) is 2.69. The predicted molar refractivity (Wildman–Crippen MR) is 80.6 cm³/mol. The Morgan fingerprint density at radius 1 is 1.25 bits per heavy atom. The van der Waals surface area contributed by atoms with Gasteiger partial charge in [0.15, 0.2) is 0 Å². The summed E-state index contributed by atoms with van der Waals surface area (Å²) in [4.78, 5) is 14.0. The van der Waals surface area contributed by atoms with Gasteiger partial charge in [0.1, 0.15) is 12.4 Å². The summed E-state index contributed by atoms with van der Waals surface area (Å²) >= 11 is 0. The fourth-order valence-electron chi connectivity index (χ4n) is 2.37. The molecule has 0 bridgehead atoms. The number of hydrogen-bond donors (Lipinski definition) is 1. The average Bonchev–Trinajstić information content (AvgIpc) is 2.54. The van der Waals surface area contributed by atoms with E-state index in [4.69, 9.17) is 10.5 Å². The van der Waals surface area contributed by atoms with Crippen LogP contribution in [-0.4, -0.2) is 30.5 Å². The number of nitrogen functional groups attached to an aromatic ring is 1. The van der Waals surface area contributed by atoms with E-state index in [-0.39, 0.29) is 11.3 Å². The Hall–Kier alpha value is -1.71. The van der Waals surface area contributed by atoms with Gasteiger partial charge in [-0.05, 0) is 42.5 Å². The van der Waals surface area contributed by atoms with Crippen molar-refractivity contribution in [2.75, 3.05) is 25.4 Å². The van der Waals surface area contributed by atoms with E-state index in [0.717, 1.165) is 30.8 Å². The standard InChI is InChI=1S/C16H24N2O2/c1-16(2)8-7-15(19)18(10-9-16)11-12-20-14-5-3-13(17)4-6-14/h3-6H,7-12,17H2,1-2H3. The number of amides is 1. The van der Waals surface area contributed by atoms with Crippen LogP contribution in [0.1, 0.15) is 33.1 Å². The van der Waals surface area contributed by atoms with Crippen LogP contribution in [0.15, 0.2) is 24.3 Å². The van der Waals surface area contributed by atoms with Crippen LogP contribution in [0.25, 0.3) is 0 Å². The van der Waals surface area contributed by atoms with Crippen molar-refractivity contribution in [1.82, 2.24) is 4.90 Å². The Kier molecular flexibility index (Phi) is 4.53. The third kappa shape index (κ3) is 4.15. The van der Waals surface area contributed by atoms with Gasteiger partial charge in [0.05, 0.1) is 6.54 Å². The van der Waals surface area contributed by atoms with Gasteiger partial charge in [-0.25, -0.2) is 0 Å². The van der Waals surface area contributed by atoms with Crippen LogP contribution in [0.5, 0.6) is 5.75 Å². The Morgan fingerprint density at radius 3 is 2.65 bits per heavy atom. The van der Waals surface area contributed by atoms with Gasteiger partial charge in [-0.2, -0.15) is 0 Å². The number of nitrogens with two attached hydrogens (primary N) is 1. The first-order chi connectivity index (χ1) is 9.46. The molecule has 0 radical (unpaired) electrons. The lowest BCUT2D eigenvalue weighted by Crippen LogP contribution is -2.34. The first-order valence-corrected chi connectivity index (χ1v) is 7.22. The summed E-state index contributed by atoms with van der Waals surface area (Å²) in [6, 6.07) is 7.33. The average molecular weight is 276 g/mol. The molecular weight excluding hydrogens is 252 g/mol. The third-order valence-corrected chi connectivity index (χ3v) is 3.94. The topological polar surface area (TPSA) is 55.6 Å². The van der Waals surface area contributed by atoms with E-state index in [2.05, 4.69) is 13.8 Å². The Bertz CT molecular complexity index is 454. The van der Waals surface area contributed by atoms with Crippen LogP contribution in [0.2, 0.25) is 0 Å². The summed E-state index contributed by atoms with van der Waals surface area (Å²) in [6.45, 7) is 6.47. The molecule has 0 saturated carbocycles. The Morgan fingerprint density at radius 2 is 1.95 bits per heavy atom. The molecule has 4 nitrogen and oxygen atoms in total. The van der Waals surface area contributed by atoms with Crippen LogP contribution < -0.4 is 10.5 Å². The number of likely N-dealkylation sites (tertiary alicyclic amines) is 1. The van der Waals surface area contributed by atoms with Crippen LogP contribution in [0, 0.1) is 5.41 Å². The first-order valence-electron chi connectivity index (χ1n) is 7.22. The molecule has 4 heteroatoms. The number of carbonyl (C=O) groups is 1. The highest BCUT2D eigenvalue weighted by molar-refractivity contribution is 5.76. The molecule has 0 atom stereocenters. The van der Waals surface area contributed by atoms with Crippen molar-refractivity contribution in [3.8, 4) is 5.75 Å². The number of carbonyl (C=O) groups excluding carboxylic acids is 1. The van der Waals surface area contributed by atoms with Gasteiger partial charge < -0.3 is 15.4 Å². The van der Waals surface area contributed by atoms with Crippen molar-refractivity contribution in [2.24, 2.45) is 5.41 Å². The lowest BCUT2D eigenvalue weighted by Gasteiger charge is -2.23. The summed E-state index contributed by atoms with van der Waals surface area (Å²) < 4.78 is 5.66. The van der Waals surface area contributed by atoms with Gasteiger partial charge in [0.2, 0.25) is 5.91 Å². The summed E-state index contributed by atoms with van der Waals surface area (Å²) in [7, 11) is 0. The summed E-state index contributed by atoms with van der Waals surface area (Å²) in [5.41, 5.74) is 6.62. The summed E-state index contributed by atoms with van der Waals surface area (Å²) in [5, 5.41) is 0. The van der Waals surface area contributed by atoms with Crippen molar-refractivity contribution < 1.29 is 9.53 Å². The SMILES string of the molecule is CC1(C)CCC(=O)N(CCOc2ccc(N)cc2)CC1. The zero-order valence-electron chi connectivity index (χ0n) is 12.4. The molecule has 0 aromatic heterocycles. The minimum Gasteiger partial charge on any atom is -0.492 e. The number of ether oxygens (including phenoxy) is 1. The van der Waals surface area contributed by atoms with Gasteiger partial charge in [0, 0.05) is 18.7 Å². The normalized spacial score (nSPS) is 18.7. The molecule has 1 aliphatic heterocycles. The zero-order chi connectivity index (χ0) is 14.6. The van der Waals surface area contributed by atoms with Crippen LogP contribution in [0.4, 0.5) is 5.69 Å². The second kappa shape index (κ2) is 6.16. The lowest BCUT2D eigenvalue weighted by atomic mass is 9.85. The Labute approximate surface area is 120 Å². The van der Waals surface area contributed by atoms with Crippen molar-refractivity contribution in [2.45, 2.75) is 33.1 Å². The van der Waals surface area contributed by atoms with E-state index in [0.29, 0.717) is 19.6 Å². The summed E-state index contributed by atoms with van der Waals surface area (Å²) in [5.74, 6) is 1.04. The maximum absolute atomic E-state index is 12.0. The number of rotatable bonds is 4. The molecule has 0 unspecified atom stereocenters. The zero-order valence-corrected chi connectivity index (χ0v) is 12.4. The molecule has 1 saturated heterocycles. The summed E-state index contributed by atoms with van der Waals surface area (Å²) in [6.07, 6.45) is 2.68. The molecule has 1 heterocycles. The second-order valence-electron chi connectivity index (χ2n) is 6.21. The van der Waals surface area contributed by atoms with Crippen molar-refractivity contribution in [3.63, 3.8) is 0 Å². The molecule has 110 valence electrons. The minimum absolute atomic E-state index is 0.247. The molecule has 1 fully saturated rings. The van der Waals surface area contributed by atoms with Crippen LogP contribution in [0.3, 0.4) is 0 Å². The number of nitrogens with zero attached hydrogens (tertiary/aromatic N) is 1. The van der Waals surface area contributed by atoms with E-state index < -0.39 is 0 Å². The van der Waals surface area contributed by atoms with E-state index in [1.807, 2.05) is 29.2 Å². The van der Waals surface area contributed by atoms with Crippen molar-refractivity contribution >= 4 is 11.6 Å². The molecule has 0 spiro atoms. The number of hydrogen-bond acceptors (Lipinski definition) is 3. The van der Waals surface area contributed by atoms with Gasteiger partial charge >= 0.3 is 0 Å². The Balaban J connectivity index is 1.81. The van der Waals surface area contributed by atoms with E-state index >= 15 is 0 Å². The van der Waals surface area contributed by atoms with E-state index in [1.165, 1.54) is 0 Å². The molecule has 1 aromatic carbocycles. The van der Waals surface area contributed by atoms with Gasteiger partial charge in [-0.15, -0.1) is 0 Å². The quantitative estimate of drug-likeness (QED) is 0.860. The van der Waals surface area contributed by atoms with Crippen molar-refractivity contribution in [3.05, 3.63) is 24.3 Å². The maximum atomic E-state index is 12.0. The monoisotopic (exact) mass is 276 g/mol. The molecule has 1 amide bonds. The number of anilines is 1. The van der Waals surface area contributed by atoms with E-state index in [9.17, 15) is 4.79 Å².